The van der Waals surface area contributed by atoms with Gasteiger partial charge in [0.05, 0.1) is 12.2 Å². The molecule has 0 aliphatic carbocycles. The van der Waals surface area contributed by atoms with E-state index in [1.54, 1.807) is 24.1 Å². The molecule has 1 aromatic rings. The number of nitrogens with zero attached hydrogens (tertiary/aromatic N) is 2. The molecule has 1 aliphatic rings. The van der Waals surface area contributed by atoms with Crippen LogP contribution in [0.4, 0.5) is 0 Å². The summed E-state index contributed by atoms with van der Waals surface area (Å²) in [5.74, 6) is -0.643. The van der Waals surface area contributed by atoms with Gasteiger partial charge in [0.15, 0.2) is 0 Å². The van der Waals surface area contributed by atoms with Gasteiger partial charge in [-0.25, -0.2) is 0 Å². The number of carbonyl (C=O) groups excluding carboxylic acids is 2. The molecule has 5 nitrogen and oxygen atoms in total. The minimum atomic E-state index is -0.334. The van der Waals surface area contributed by atoms with E-state index in [-0.39, 0.29) is 18.4 Å². The summed E-state index contributed by atoms with van der Waals surface area (Å²) in [6, 6.07) is 9.09. The second kappa shape index (κ2) is 5.24. The molecule has 1 N–H and O–H groups in total. The molecule has 0 atom stereocenters. The van der Waals surface area contributed by atoms with E-state index < -0.39 is 0 Å². The lowest BCUT2D eigenvalue weighted by molar-refractivity contribution is -0.135. The Kier molecular flexibility index (Phi) is 3.66. The molecule has 0 fully saturated rings. The highest BCUT2D eigenvalue weighted by molar-refractivity contribution is 6.35. The fourth-order valence-corrected chi connectivity index (χ4v) is 2.11. The SMILES string of the molecule is CN(CCO)C1=C(c2ccccc2)C(=O)N(C)C1=O. The van der Waals surface area contributed by atoms with Crippen LogP contribution in [0, 0.1) is 0 Å². The number of amides is 2. The van der Waals surface area contributed by atoms with E-state index >= 15 is 0 Å². The number of imide groups is 1. The molecule has 1 aliphatic heterocycles. The third-order valence-corrected chi connectivity index (χ3v) is 3.14. The molecule has 0 bridgehead atoms. The average molecular weight is 260 g/mol. The number of aliphatic hydroxyl groups excluding tert-OH is 1. The zero-order valence-electron chi connectivity index (χ0n) is 11.0. The van der Waals surface area contributed by atoms with Crippen LogP contribution >= 0.6 is 0 Å². The minimum absolute atomic E-state index is 0.0761. The van der Waals surface area contributed by atoms with Gasteiger partial charge in [-0.15, -0.1) is 0 Å². The van der Waals surface area contributed by atoms with Crippen molar-refractivity contribution < 1.29 is 14.7 Å². The van der Waals surface area contributed by atoms with Gasteiger partial charge in [0, 0.05) is 20.6 Å². The van der Waals surface area contributed by atoms with Gasteiger partial charge < -0.3 is 10.0 Å². The maximum absolute atomic E-state index is 12.2. The van der Waals surface area contributed by atoms with Gasteiger partial charge in [-0.3, -0.25) is 14.5 Å². The third kappa shape index (κ3) is 2.24. The first kappa shape index (κ1) is 13.3. The van der Waals surface area contributed by atoms with E-state index in [2.05, 4.69) is 0 Å². The lowest BCUT2D eigenvalue weighted by Gasteiger charge is -2.19. The van der Waals surface area contributed by atoms with Crippen molar-refractivity contribution in [3.05, 3.63) is 41.6 Å². The maximum atomic E-state index is 12.2. The van der Waals surface area contributed by atoms with Crippen molar-refractivity contribution in [1.29, 1.82) is 0 Å². The van der Waals surface area contributed by atoms with Gasteiger partial charge in [0.2, 0.25) is 0 Å². The van der Waals surface area contributed by atoms with Gasteiger partial charge in [-0.2, -0.15) is 0 Å². The summed E-state index contributed by atoms with van der Waals surface area (Å²) in [4.78, 5) is 27.1. The van der Waals surface area contributed by atoms with Crippen LogP contribution in [0.5, 0.6) is 0 Å². The summed E-state index contributed by atoms with van der Waals surface area (Å²) in [5, 5.41) is 9.00. The topological polar surface area (TPSA) is 60.9 Å². The van der Waals surface area contributed by atoms with Crippen LogP contribution in [0.25, 0.3) is 5.57 Å². The summed E-state index contributed by atoms with van der Waals surface area (Å²) >= 11 is 0. The molecule has 5 heteroatoms. The molecule has 0 saturated carbocycles. The second-order valence-electron chi connectivity index (χ2n) is 4.40. The van der Waals surface area contributed by atoms with E-state index in [1.807, 2.05) is 18.2 Å². The monoisotopic (exact) mass is 260 g/mol. The van der Waals surface area contributed by atoms with E-state index in [1.165, 1.54) is 7.05 Å². The largest absolute Gasteiger partial charge is 0.395 e. The maximum Gasteiger partial charge on any atom is 0.277 e. The molecule has 2 amide bonds. The Bertz CT molecular complexity index is 537. The third-order valence-electron chi connectivity index (χ3n) is 3.14. The number of carbonyl (C=O) groups is 2. The summed E-state index contributed by atoms with van der Waals surface area (Å²) in [6.45, 7) is 0.228. The molecule has 0 unspecified atom stereocenters. The second-order valence-corrected chi connectivity index (χ2v) is 4.40. The number of hydrogen-bond donors (Lipinski definition) is 1. The van der Waals surface area contributed by atoms with Crippen molar-refractivity contribution >= 4 is 17.4 Å². The molecule has 0 saturated heterocycles. The van der Waals surface area contributed by atoms with Gasteiger partial charge in [0.1, 0.15) is 5.70 Å². The summed E-state index contributed by atoms with van der Waals surface area (Å²) in [7, 11) is 3.16. The van der Waals surface area contributed by atoms with Crippen molar-refractivity contribution in [2.75, 3.05) is 27.2 Å². The summed E-state index contributed by atoms with van der Waals surface area (Å²) in [5.41, 5.74) is 1.45. The normalized spacial score (nSPS) is 15.4. The van der Waals surface area contributed by atoms with Gasteiger partial charge in [-0.05, 0) is 5.56 Å². The van der Waals surface area contributed by atoms with E-state index in [0.717, 1.165) is 4.90 Å². The quantitative estimate of drug-likeness (QED) is 0.792. The van der Waals surface area contributed by atoms with Gasteiger partial charge in [0.25, 0.3) is 11.8 Å². The molecule has 0 radical (unpaired) electrons. The average Bonchev–Trinajstić information content (AvgIpc) is 2.64. The fraction of sp³-hybridized carbons (Fsp3) is 0.286. The first-order valence-electron chi connectivity index (χ1n) is 6.02. The standard InChI is InChI=1S/C14H16N2O3/c1-15(8-9-17)12-11(10-6-4-3-5-7-10)13(18)16(2)14(12)19/h3-7,17H,8-9H2,1-2H3. The lowest BCUT2D eigenvalue weighted by Crippen LogP contribution is -2.31. The zero-order chi connectivity index (χ0) is 14.0. The Morgan fingerprint density at radius 2 is 1.79 bits per heavy atom. The van der Waals surface area contributed by atoms with Gasteiger partial charge in [-0.1, -0.05) is 30.3 Å². The first-order chi connectivity index (χ1) is 9.07. The smallest absolute Gasteiger partial charge is 0.277 e. The van der Waals surface area contributed by atoms with E-state index in [9.17, 15) is 9.59 Å². The number of hydrogen-bond acceptors (Lipinski definition) is 4. The highest BCUT2D eigenvalue weighted by Gasteiger charge is 2.38. The van der Waals surface area contributed by atoms with Crippen molar-refractivity contribution in [2.24, 2.45) is 0 Å². The molecule has 0 spiro atoms. The molecule has 0 aromatic heterocycles. The molecule has 19 heavy (non-hydrogen) atoms. The minimum Gasteiger partial charge on any atom is -0.395 e. The van der Waals surface area contributed by atoms with Crippen molar-refractivity contribution in [3.8, 4) is 0 Å². The predicted octanol–water partition coefficient (Wildman–Crippen LogP) is 0.320. The van der Waals surface area contributed by atoms with Crippen molar-refractivity contribution in [1.82, 2.24) is 9.80 Å². The molecular formula is C14H16N2O3. The Labute approximate surface area is 111 Å². The van der Waals surface area contributed by atoms with Crippen LogP contribution in [-0.2, 0) is 9.59 Å². The molecule has 2 rings (SSSR count). The number of rotatable bonds is 4. The number of likely N-dealkylation sites (N-methyl/N-ethyl adjacent to an activating group) is 2. The highest BCUT2D eigenvalue weighted by atomic mass is 16.3. The predicted molar refractivity (Wildman–Crippen MR) is 70.9 cm³/mol. The Hall–Kier alpha value is -2.14. The molecular weight excluding hydrogens is 244 g/mol. The van der Waals surface area contributed by atoms with Crippen molar-refractivity contribution in [3.63, 3.8) is 0 Å². The summed E-state index contributed by atoms with van der Waals surface area (Å²) in [6.07, 6.45) is 0. The van der Waals surface area contributed by atoms with Crippen LogP contribution in [-0.4, -0.2) is 54.0 Å². The van der Waals surface area contributed by atoms with Crippen LogP contribution in [0.2, 0.25) is 0 Å². The van der Waals surface area contributed by atoms with Crippen LogP contribution < -0.4 is 0 Å². The number of benzene rings is 1. The Morgan fingerprint density at radius 3 is 2.37 bits per heavy atom. The Morgan fingerprint density at radius 1 is 1.16 bits per heavy atom. The van der Waals surface area contributed by atoms with Crippen LogP contribution in [0.15, 0.2) is 36.0 Å². The molecule has 1 heterocycles. The lowest BCUT2D eigenvalue weighted by atomic mass is 10.0. The Balaban J connectivity index is 2.54. The highest BCUT2D eigenvalue weighted by Crippen LogP contribution is 2.29. The first-order valence-corrected chi connectivity index (χ1v) is 6.02. The molecule has 100 valence electrons. The molecule has 1 aromatic carbocycles. The van der Waals surface area contributed by atoms with Gasteiger partial charge >= 0.3 is 0 Å². The van der Waals surface area contributed by atoms with Crippen LogP contribution in [0.1, 0.15) is 5.56 Å². The summed E-state index contributed by atoms with van der Waals surface area (Å²) < 4.78 is 0. The number of aliphatic hydroxyl groups is 1. The van der Waals surface area contributed by atoms with E-state index in [4.69, 9.17) is 5.11 Å². The van der Waals surface area contributed by atoms with Crippen LogP contribution in [0.3, 0.4) is 0 Å². The fourth-order valence-electron chi connectivity index (χ4n) is 2.11. The zero-order valence-corrected chi connectivity index (χ0v) is 11.0. The van der Waals surface area contributed by atoms with Crippen molar-refractivity contribution in [2.45, 2.75) is 0 Å². The van der Waals surface area contributed by atoms with E-state index in [0.29, 0.717) is 23.4 Å².